The average Bonchev–Trinajstić information content (AvgIpc) is 3.29. The van der Waals surface area contributed by atoms with Crippen molar-refractivity contribution in [2.45, 2.75) is 45.8 Å². The van der Waals surface area contributed by atoms with Gasteiger partial charge in [-0.05, 0) is 26.8 Å². The van der Waals surface area contributed by atoms with Gasteiger partial charge in [0.1, 0.15) is 6.04 Å². The maximum Gasteiger partial charge on any atom is 0.318 e. The van der Waals surface area contributed by atoms with Gasteiger partial charge in [-0.15, -0.1) is 0 Å². The standard InChI is InChI=1S/C19H22N6O2/c1-11(2)22-19(26)25-9-15-14(20-10-21-15)8-16(25)18-23-17(24-27-18)13-6-4-5-12(3)7-13/h4-7,10-11,16H,8-9H2,1-3H3,(H,20,21)(H,22,26). The van der Waals surface area contributed by atoms with Crippen molar-refractivity contribution in [1.29, 1.82) is 0 Å². The lowest BCUT2D eigenvalue weighted by Gasteiger charge is -2.33. The maximum absolute atomic E-state index is 12.7. The molecule has 8 nitrogen and oxygen atoms in total. The molecule has 2 aromatic heterocycles. The van der Waals surface area contributed by atoms with E-state index in [4.69, 9.17) is 4.52 Å². The second-order valence-corrected chi connectivity index (χ2v) is 7.11. The van der Waals surface area contributed by atoms with Crippen LogP contribution in [0.2, 0.25) is 0 Å². The summed E-state index contributed by atoms with van der Waals surface area (Å²) in [6, 6.07) is 7.44. The third-order valence-electron chi connectivity index (χ3n) is 4.57. The molecule has 0 spiro atoms. The predicted octanol–water partition coefficient (Wildman–Crippen LogP) is 2.99. The van der Waals surface area contributed by atoms with Gasteiger partial charge < -0.3 is 19.7 Å². The molecule has 3 aromatic rings. The number of H-pyrrole nitrogens is 1. The summed E-state index contributed by atoms with van der Waals surface area (Å²) in [6.07, 6.45) is 2.18. The van der Waals surface area contributed by atoms with Gasteiger partial charge in [-0.3, -0.25) is 0 Å². The molecule has 1 aromatic carbocycles. The molecule has 0 saturated heterocycles. The monoisotopic (exact) mass is 366 g/mol. The molecule has 0 bridgehead atoms. The summed E-state index contributed by atoms with van der Waals surface area (Å²) in [4.78, 5) is 26.5. The fourth-order valence-corrected chi connectivity index (χ4v) is 3.27. The number of hydrogen-bond donors (Lipinski definition) is 2. The normalized spacial score (nSPS) is 16.4. The molecule has 1 aliphatic rings. The number of nitrogens with zero attached hydrogens (tertiary/aromatic N) is 4. The van der Waals surface area contributed by atoms with Crippen LogP contribution in [0, 0.1) is 6.92 Å². The van der Waals surface area contributed by atoms with Gasteiger partial charge in [0.2, 0.25) is 11.7 Å². The number of urea groups is 1. The number of carbonyl (C=O) groups is 1. The minimum absolute atomic E-state index is 0.0341. The Hall–Kier alpha value is -3.16. The summed E-state index contributed by atoms with van der Waals surface area (Å²) >= 11 is 0. The third kappa shape index (κ3) is 3.42. The van der Waals surface area contributed by atoms with Crippen LogP contribution in [0.5, 0.6) is 0 Å². The fourth-order valence-electron chi connectivity index (χ4n) is 3.27. The lowest BCUT2D eigenvalue weighted by Crippen LogP contribution is -2.46. The number of benzene rings is 1. The zero-order valence-corrected chi connectivity index (χ0v) is 15.6. The molecule has 0 saturated carbocycles. The van der Waals surface area contributed by atoms with Gasteiger partial charge in [0, 0.05) is 18.0 Å². The highest BCUT2D eigenvalue weighted by molar-refractivity contribution is 5.75. The van der Waals surface area contributed by atoms with E-state index in [1.807, 2.05) is 45.0 Å². The van der Waals surface area contributed by atoms with E-state index in [0.29, 0.717) is 24.7 Å². The molecule has 8 heteroatoms. The van der Waals surface area contributed by atoms with E-state index in [1.54, 1.807) is 11.2 Å². The van der Waals surface area contributed by atoms with Gasteiger partial charge in [-0.2, -0.15) is 4.98 Å². The zero-order valence-electron chi connectivity index (χ0n) is 15.6. The molecule has 2 amide bonds. The topological polar surface area (TPSA) is 99.9 Å². The number of rotatable bonds is 3. The number of hydrogen-bond acceptors (Lipinski definition) is 5. The Bertz CT molecular complexity index is 961. The Morgan fingerprint density at radius 2 is 2.26 bits per heavy atom. The SMILES string of the molecule is Cc1cccc(-c2noc(C3Cc4nc[nH]c4CN3C(=O)NC(C)C)n2)c1. The van der Waals surface area contributed by atoms with E-state index in [9.17, 15) is 4.79 Å². The molecule has 1 aliphatic heterocycles. The van der Waals surface area contributed by atoms with E-state index in [2.05, 4.69) is 25.4 Å². The van der Waals surface area contributed by atoms with Gasteiger partial charge in [0.25, 0.3) is 0 Å². The largest absolute Gasteiger partial charge is 0.347 e. The van der Waals surface area contributed by atoms with Crippen molar-refractivity contribution in [3.8, 4) is 11.4 Å². The maximum atomic E-state index is 12.7. The van der Waals surface area contributed by atoms with Crippen molar-refractivity contribution in [1.82, 2.24) is 30.3 Å². The number of carbonyl (C=O) groups excluding carboxylic acids is 1. The van der Waals surface area contributed by atoms with Crippen molar-refractivity contribution in [2.75, 3.05) is 0 Å². The first-order valence-corrected chi connectivity index (χ1v) is 9.00. The van der Waals surface area contributed by atoms with Gasteiger partial charge >= 0.3 is 6.03 Å². The lowest BCUT2D eigenvalue weighted by molar-refractivity contribution is 0.142. The highest BCUT2D eigenvalue weighted by atomic mass is 16.5. The van der Waals surface area contributed by atoms with Crippen molar-refractivity contribution < 1.29 is 9.32 Å². The predicted molar refractivity (Wildman–Crippen MR) is 98.7 cm³/mol. The fraction of sp³-hybridized carbons (Fsp3) is 0.368. The van der Waals surface area contributed by atoms with Crippen LogP contribution in [-0.4, -0.2) is 37.1 Å². The Labute approximate surface area is 157 Å². The van der Waals surface area contributed by atoms with Crippen LogP contribution >= 0.6 is 0 Å². The Morgan fingerprint density at radius 1 is 1.41 bits per heavy atom. The summed E-state index contributed by atoms with van der Waals surface area (Å²) in [5, 5.41) is 7.07. The van der Waals surface area contributed by atoms with Crippen LogP contribution in [0.4, 0.5) is 4.79 Å². The average molecular weight is 366 g/mol. The Kier molecular flexibility index (Phi) is 4.39. The molecule has 27 heavy (non-hydrogen) atoms. The summed E-state index contributed by atoms with van der Waals surface area (Å²) in [6.45, 7) is 6.30. The highest BCUT2D eigenvalue weighted by Crippen LogP contribution is 2.32. The van der Waals surface area contributed by atoms with Crippen LogP contribution in [-0.2, 0) is 13.0 Å². The quantitative estimate of drug-likeness (QED) is 0.742. The van der Waals surface area contributed by atoms with Gasteiger partial charge in [-0.25, -0.2) is 9.78 Å². The first-order valence-electron chi connectivity index (χ1n) is 9.00. The molecule has 0 radical (unpaired) electrons. The van der Waals surface area contributed by atoms with Crippen LogP contribution in [0.1, 0.15) is 42.7 Å². The minimum atomic E-state index is -0.356. The molecule has 4 rings (SSSR count). The smallest absolute Gasteiger partial charge is 0.318 e. The first kappa shape index (κ1) is 17.3. The first-order chi connectivity index (χ1) is 13.0. The third-order valence-corrected chi connectivity index (χ3v) is 4.57. The number of amides is 2. The van der Waals surface area contributed by atoms with E-state index >= 15 is 0 Å². The number of imidazole rings is 1. The van der Waals surface area contributed by atoms with Crippen LogP contribution in [0.3, 0.4) is 0 Å². The van der Waals surface area contributed by atoms with Crippen LogP contribution in [0.15, 0.2) is 35.1 Å². The minimum Gasteiger partial charge on any atom is -0.347 e. The number of nitrogens with one attached hydrogen (secondary N) is 2. The second-order valence-electron chi connectivity index (χ2n) is 7.11. The molecule has 140 valence electrons. The van der Waals surface area contributed by atoms with Gasteiger partial charge in [-0.1, -0.05) is 28.9 Å². The Balaban J connectivity index is 1.66. The number of aryl methyl sites for hydroxylation is 1. The summed E-state index contributed by atoms with van der Waals surface area (Å²) in [5.74, 6) is 0.935. The molecule has 1 unspecified atom stereocenters. The van der Waals surface area contributed by atoms with Crippen LogP contribution in [0.25, 0.3) is 11.4 Å². The molecule has 0 aliphatic carbocycles. The summed E-state index contributed by atoms with van der Waals surface area (Å²) in [7, 11) is 0. The highest BCUT2D eigenvalue weighted by Gasteiger charge is 2.36. The number of fused-ring (bicyclic) bond motifs is 1. The number of aromatic nitrogens is 4. The zero-order chi connectivity index (χ0) is 19.0. The van der Waals surface area contributed by atoms with Gasteiger partial charge in [0.05, 0.1) is 24.3 Å². The van der Waals surface area contributed by atoms with Gasteiger partial charge in [0.15, 0.2) is 0 Å². The van der Waals surface area contributed by atoms with Crippen LogP contribution < -0.4 is 5.32 Å². The molecular formula is C19H22N6O2. The second kappa shape index (κ2) is 6.86. The van der Waals surface area contributed by atoms with E-state index in [0.717, 1.165) is 22.5 Å². The van der Waals surface area contributed by atoms with Crippen molar-refractivity contribution in [3.63, 3.8) is 0 Å². The van der Waals surface area contributed by atoms with Crippen molar-refractivity contribution in [2.24, 2.45) is 0 Å². The molecular weight excluding hydrogens is 344 g/mol. The molecule has 2 N–H and O–H groups in total. The molecule has 3 heterocycles. The van der Waals surface area contributed by atoms with E-state index in [-0.39, 0.29) is 18.1 Å². The van der Waals surface area contributed by atoms with Crippen molar-refractivity contribution >= 4 is 6.03 Å². The summed E-state index contributed by atoms with van der Waals surface area (Å²) < 4.78 is 5.55. The number of aromatic amines is 1. The van der Waals surface area contributed by atoms with E-state index < -0.39 is 0 Å². The Morgan fingerprint density at radius 3 is 3.04 bits per heavy atom. The van der Waals surface area contributed by atoms with Crippen molar-refractivity contribution in [3.05, 3.63) is 53.4 Å². The molecule has 1 atom stereocenters. The van der Waals surface area contributed by atoms with E-state index in [1.165, 1.54) is 0 Å². The summed E-state index contributed by atoms with van der Waals surface area (Å²) in [5.41, 5.74) is 3.86. The lowest BCUT2D eigenvalue weighted by atomic mass is 10.0. The molecule has 0 fully saturated rings.